The molecule has 2 aliphatic rings. The van der Waals surface area contributed by atoms with Crippen molar-refractivity contribution < 1.29 is 19.4 Å². The molecule has 1 unspecified atom stereocenters. The fraction of sp³-hybridized carbons (Fsp3) is 0.311. The minimum Gasteiger partial charge on any atom is -0.482 e. The third-order valence-corrected chi connectivity index (χ3v) is 9.97. The highest BCUT2D eigenvalue weighted by molar-refractivity contribution is 5.78. The maximum Gasteiger partial charge on any atom is 0.321 e. The summed E-state index contributed by atoms with van der Waals surface area (Å²) in [7, 11) is 0. The molecule has 2 fully saturated rings. The second-order valence-corrected chi connectivity index (χ2v) is 14.3. The van der Waals surface area contributed by atoms with Crippen molar-refractivity contribution in [3.63, 3.8) is 0 Å². The highest BCUT2D eigenvalue weighted by atomic mass is 16.5. The number of aliphatic hydroxyl groups excluding tert-OH is 1. The molecule has 4 aromatic carbocycles. The Bertz CT molecular complexity index is 2040. The van der Waals surface area contributed by atoms with Gasteiger partial charge in [-0.2, -0.15) is 4.98 Å². The van der Waals surface area contributed by atoms with Gasteiger partial charge in [-0.3, -0.25) is 4.90 Å². The van der Waals surface area contributed by atoms with E-state index in [0.29, 0.717) is 37.1 Å². The quantitative estimate of drug-likeness (QED) is 0.135. The molecule has 9 heteroatoms. The van der Waals surface area contributed by atoms with Gasteiger partial charge in [-0.25, -0.2) is 9.78 Å². The van der Waals surface area contributed by atoms with Crippen molar-refractivity contribution in [1.29, 1.82) is 0 Å². The topological polar surface area (TPSA) is 91.3 Å². The van der Waals surface area contributed by atoms with Crippen LogP contribution in [0.5, 0.6) is 11.6 Å². The zero-order valence-corrected chi connectivity index (χ0v) is 31.0. The molecule has 54 heavy (non-hydrogen) atoms. The molecule has 5 aromatic rings. The molecule has 1 atom stereocenters. The van der Waals surface area contributed by atoms with Crippen molar-refractivity contribution in [2.24, 2.45) is 0 Å². The lowest BCUT2D eigenvalue weighted by Gasteiger charge is -2.29. The molecule has 0 aliphatic carbocycles. The highest BCUT2D eigenvalue weighted by Gasteiger charge is 2.40. The molecule has 2 saturated heterocycles. The molecular weight excluding hydrogens is 675 g/mol. The third-order valence-electron chi connectivity index (χ3n) is 9.97. The zero-order valence-electron chi connectivity index (χ0n) is 31.0. The number of piperidine rings is 1. The van der Waals surface area contributed by atoms with Crippen LogP contribution in [0.15, 0.2) is 116 Å². The van der Waals surface area contributed by atoms with Gasteiger partial charge in [0.15, 0.2) is 0 Å². The highest BCUT2D eigenvalue weighted by Crippen LogP contribution is 2.35. The van der Waals surface area contributed by atoms with Crippen molar-refractivity contribution in [2.45, 2.75) is 71.2 Å². The smallest absolute Gasteiger partial charge is 0.321 e. The van der Waals surface area contributed by atoms with Gasteiger partial charge in [-0.15, -0.1) is 0 Å². The van der Waals surface area contributed by atoms with Crippen LogP contribution >= 0.6 is 0 Å². The Kier molecular flexibility index (Phi) is 11.8. The monoisotopic (exact) mass is 721 g/mol. The number of ether oxygens (including phenoxy) is 2. The summed E-state index contributed by atoms with van der Waals surface area (Å²) >= 11 is 0. The van der Waals surface area contributed by atoms with E-state index >= 15 is 0 Å². The van der Waals surface area contributed by atoms with Gasteiger partial charge in [0, 0.05) is 43.3 Å². The molecule has 0 saturated carbocycles. The number of rotatable bonds is 12. The number of hydrogen-bond acceptors (Lipinski definition) is 7. The second kappa shape index (κ2) is 17.4. The average molecular weight is 722 g/mol. The Balaban J connectivity index is 1.04. The van der Waals surface area contributed by atoms with Gasteiger partial charge in [0.05, 0.1) is 18.7 Å². The van der Waals surface area contributed by atoms with Crippen molar-refractivity contribution in [2.75, 3.05) is 19.6 Å². The van der Waals surface area contributed by atoms with Gasteiger partial charge in [0.25, 0.3) is 5.88 Å². The van der Waals surface area contributed by atoms with Crippen LogP contribution < -0.4 is 9.47 Å². The Morgan fingerprint density at radius 2 is 1.33 bits per heavy atom. The van der Waals surface area contributed by atoms with E-state index in [0.717, 1.165) is 60.3 Å². The summed E-state index contributed by atoms with van der Waals surface area (Å²) in [6, 6.07) is 36.3. The van der Waals surface area contributed by atoms with Gasteiger partial charge in [0.1, 0.15) is 25.2 Å². The molecule has 0 bridgehead atoms. The first-order valence-electron chi connectivity index (χ1n) is 18.8. The van der Waals surface area contributed by atoms with Crippen LogP contribution in [0.3, 0.4) is 0 Å². The number of likely N-dealkylation sites (tertiary alicyclic amines) is 1. The normalized spacial score (nSPS) is 16.4. The van der Waals surface area contributed by atoms with Gasteiger partial charge < -0.3 is 24.4 Å². The standard InChI is InChI=1S/C45H47N5O4/c1-33(2)50-42(39-21-19-35(20-22-39)14-13-34-15-17-36(18-16-34)27-48-25-23-40(51)24-26-48)29-49(45(50)52)28-41-43(53-30-37-9-5-3-6-10-37)44(47-32-46-41)54-31-38-11-7-4-8-12-38/h3-12,15-22,32-33,40,42,51H,23-31H2,1-2H3. The molecule has 2 amide bonds. The Morgan fingerprint density at radius 1 is 0.741 bits per heavy atom. The van der Waals surface area contributed by atoms with Crippen LogP contribution in [0.1, 0.15) is 71.8 Å². The number of amides is 2. The van der Waals surface area contributed by atoms with E-state index in [1.165, 1.54) is 11.9 Å². The van der Waals surface area contributed by atoms with E-state index in [1.807, 2.05) is 96.4 Å². The molecule has 3 heterocycles. The predicted octanol–water partition coefficient (Wildman–Crippen LogP) is 7.38. The van der Waals surface area contributed by atoms with Gasteiger partial charge in [-0.1, -0.05) is 96.8 Å². The summed E-state index contributed by atoms with van der Waals surface area (Å²) in [6.45, 7) is 8.22. The predicted molar refractivity (Wildman–Crippen MR) is 208 cm³/mol. The van der Waals surface area contributed by atoms with E-state index in [4.69, 9.17) is 9.47 Å². The lowest BCUT2D eigenvalue weighted by molar-refractivity contribution is 0.0792. The number of urea groups is 1. The summed E-state index contributed by atoms with van der Waals surface area (Å²) in [5.74, 6) is 7.38. The van der Waals surface area contributed by atoms with Gasteiger partial charge in [0.2, 0.25) is 5.75 Å². The van der Waals surface area contributed by atoms with Crippen LogP contribution in [0.4, 0.5) is 4.79 Å². The lowest BCUT2D eigenvalue weighted by Crippen LogP contribution is -2.37. The number of carbonyl (C=O) groups excluding carboxylic acids is 1. The Labute approximate surface area is 318 Å². The fourth-order valence-electron chi connectivity index (χ4n) is 7.00. The second-order valence-electron chi connectivity index (χ2n) is 14.3. The van der Waals surface area contributed by atoms with Crippen molar-refractivity contribution >= 4 is 6.03 Å². The van der Waals surface area contributed by atoms with Crippen molar-refractivity contribution in [3.8, 4) is 23.5 Å². The van der Waals surface area contributed by atoms with Crippen LogP contribution in [0.2, 0.25) is 0 Å². The molecule has 276 valence electrons. The van der Waals surface area contributed by atoms with Crippen molar-refractivity contribution in [1.82, 2.24) is 24.7 Å². The van der Waals surface area contributed by atoms with Crippen LogP contribution in [0, 0.1) is 11.8 Å². The minimum atomic E-state index is -0.160. The Morgan fingerprint density at radius 3 is 1.94 bits per heavy atom. The molecular formula is C45H47N5O4. The van der Waals surface area contributed by atoms with E-state index in [1.54, 1.807) is 0 Å². The van der Waals surface area contributed by atoms with E-state index in [2.05, 4.69) is 63.1 Å². The Hall–Kier alpha value is -5.69. The van der Waals surface area contributed by atoms with Crippen LogP contribution in [-0.4, -0.2) is 67.6 Å². The largest absolute Gasteiger partial charge is 0.482 e. The molecule has 1 N–H and O–H groups in total. The van der Waals surface area contributed by atoms with E-state index < -0.39 is 0 Å². The first kappa shape index (κ1) is 36.7. The van der Waals surface area contributed by atoms with Gasteiger partial charge in [-0.05, 0) is 73.2 Å². The molecule has 7 rings (SSSR count). The SMILES string of the molecule is CC(C)N1C(=O)N(Cc2ncnc(OCc3ccccc3)c2OCc2ccccc2)CC1c1ccc(C#Cc2ccc(CN3CCC(O)CC3)cc2)cc1. The fourth-order valence-corrected chi connectivity index (χ4v) is 7.00. The summed E-state index contributed by atoms with van der Waals surface area (Å²) < 4.78 is 12.5. The van der Waals surface area contributed by atoms with Crippen molar-refractivity contribution in [3.05, 3.63) is 155 Å². The summed E-state index contributed by atoms with van der Waals surface area (Å²) in [5, 5.41) is 9.79. The number of hydrogen-bond donors (Lipinski definition) is 1. The number of nitrogens with zero attached hydrogens (tertiary/aromatic N) is 5. The number of benzene rings is 4. The molecule has 1 aromatic heterocycles. The minimum absolute atomic E-state index is 0.0135. The molecule has 2 aliphatic heterocycles. The van der Waals surface area contributed by atoms with E-state index in [-0.39, 0.29) is 30.8 Å². The molecule has 0 radical (unpaired) electrons. The number of aromatic nitrogens is 2. The average Bonchev–Trinajstić information content (AvgIpc) is 3.53. The van der Waals surface area contributed by atoms with Crippen LogP contribution in [-0.2, 0) is 26.3 Å². The molecule has 0 spiro atoms. The summed E-state index contributed by atoms with van der Waals surface area (Å²) in [6.07, 6.45) is 3.00. The third kappa shape index (κ3) is 9.26. The van der Waals surface area contributed by atoms with Gasteiger partial charge >= 0.3 is 6.03 Å². The summed E-state index contributed by atoms with van der Waals surface area (Å²) in [5.41, 5.74) is 6.78. The van der Waals surface area contributed by atoms with Crippen LogP contribution in [0.25, 0.3) is 0 Å². The van der Waals surface area contributed by atoms with E-state index in [9.17, 15) is 9.90 Å². The summed E-state index contributed by atoms with van der Waals surface area (Å²) in [4.78, 5) is 29.2. The zero-order chi connectivity index (χ0) is 37.3. The maximum atomic E-state index is 14.0. The number of aliphatic hydroxyl groups is 1. The first-order chi connectivity index (χ1) is 26.4. The lowest BCUT2D eigenvalue weighted by atomic mass is 10.0. The first-order valence-corrected chi connectivity index (χ1v) is 18.8. The maximum absolute atomic E-state index is 14.0. The number of carbonyl (C=O) groups is 1. The molecule has 9 nitrogen and oxygen atoms in total.